The first kappa shape index (κ1) is 16.3. The molecular weight excluding hydrogens is 266 g/mol. The van der Waals surface area contributed by atoms with Gasteiger partial charge in [-0.3, -0.25) is 9.59 Å². The van der Waals surface area contributed by atoms with Crippen LogP contribution in [0.25, 0.3) is 0 Å². The molecule has 5 N–H and O–H groups in total. The number of nitrogens with one attached hydrogen (secondary N) is 1. The van der Waals surface area contributed by atoms with E-state index in [0.29, 0.717) is 19.4 Å². The molecular formula is C16H29N3O2. The molecule has 2 saturated carbocycles. The second kappa shape index (κ2) is 7.25. The lowest BCUT2D eigenvalue weighted by molar-refractivity contribution is -0.127. The molecule has 5 heteroatoms. The fourth-order valence-corrected chi connectivity index (χ4v) is 3.95. The molecule has 2 aliphatic rings. The van der Waals surface area contributed by atoms with Gasteiger partial charge < -0.3 is 16.8 Å². The van der Waals surface area contributed by atoms with Gasteiger partial charge in [-0.25, -0.2) is 0 Å². The summed E-state index contributed by atoms with van der Waals surface area (Å²) in [7, 11) is 0. The van der Waals surface area contributed by atoms with Crippen molar-refractivity contribution < 1.29 is 9.59 Å². The molecule has 2 aliphatic carbocycles. The molecule has 0 heterocycles. The monoisotopic (exact) mass is 295 g/mol. The van der Waals surface area contributed by atoms with Crippen molar-refractivity contribution in [2.45, 2.75) is 70.3 Å². The van der Waals surface area contributed by atoms with E-state index in [-0.39, 0.29) is 29.2 Å². The van der Waals surface area contributed by atoms with Gasteiger partial charge in [-0.2, -0.15) is 0 Å². The number of amides is 2. The predicted octanol–water partition coefficient (Wildman–Crippen LogP) is 1.45. The number of rotatable bonds is 5. The van der Waals surface area contributed by atoms with E-state index >= 15 is 0 Å². The van der Waals surface area contributed by atoms with Crippen LogP contribution in [-0.4, -0.2) is 24.4 Å². The van der Waals surface area contributed by atoms with E-state index in [4.69, 9.17) is 11.5 Å². The molecule has 2 atom stereocenters. The minimum atomic E-state index is -0.236. The lowest BCUT2D eigenvalue weighted by Crippen LogP contribution is -2.44. The predicted molar refractivity (Wildman–Crippen MR) is 82.3 cm³/mol. The molecule has 0 aromatic heterocycles. The highest BCUT2D eigenvalue weighted by Crippen LogP contribution is 2.38. The Hall–Kier alpha value is -1.10. The van der Waals surface area contributed by atoms with Crippen LogP contribution >= 0.6 is 0 Å². The molecule has 120 valence electrons. The van der Waals surface area contributed by atoms with Crippen LogP contribution in [-0.2, 0) is 9.59 Å². The molecule has 0 aliphatic heterocycles. The van der Waals surface area contributed by atoms with Gasteiger partial charge in [0.1, 0.15) is 0 Å². The first-order valence-electron chi connectivity index (χ1n) is 8.33. The van der Waals surface area contributed by atoms with E-state index in [1.807, 2.05) is 0 Å². The van der Waals surface area contributed by atoms with Crippen molar-refractivity contribution in [2.75, 3.05) is 6.54 Å². The van der Waals surface area contributed by atoms with Crippen LogP contribution in [0.3, 0.4) is 0 Å². The van der Waals surface area contributed by atoms with E-state index in [0.717, 1.165) is 32.1 Å². The standard InChI is InChI=1S/C16H29N3O2/c17-11-16(7-2-1-3-8-16)10-14(20)19-13-6-4-5-12(9-13)15(18)21/h12-13H,1-11,17H2,(H2,18,21)(H,19,20). The molecule has 2 unspecified atom stereocenters. The Kier molecular flexibility index (Phi) is 5.62. The maximum absolute atomic E-state index is 12.3. The van der Waals surface area contributed by atoms with Gasteiger partial charge in [-0.05, 0) is 44.1 Å². The Morgan fingerprint density at radius 1 is 1.10 bits per heavy atom. The third kappa shape index (κ3) is 4.43. The summed E-state index contributed by atoms with van der Waals surface area (Å²) in [6.45, 7) is 0.592. The second-order valence-electron chi connectivity index (χ2n) is 6.97. The Morgan fingerprint density at radius 2 is 1.81 bits per heavy atom. The molecule has 0 bridgehead atoms. The zero-order valence-corrected chi connectivity index (χ0v) is 12.9. The van der Waals surface area contributed by atoms with Gasteiger partial charge in [0.25, 0.3) is 0 Å². The quantitative estimate of drug-likeness (QED) is 0.716. The van der Waals surface area contributed by atoms with Crippen LogP contribution in [0.5, 0.6) is 0 Å². The zero-order valence-electron chi connectivity index (χ0n) is 12.9. The van der Waals surface area contributed by atoms with Gasteiger partial charge in [0.15, 0.2) is 0 Å². The number of nitrogens with two attached hydrogens (primary N) is 2. The largest absolute Gasteiger partial charge is 0.369 e. The summed E-state index contributed by atoms with van der Waals surface area (Å²) < 4.78 is 0. The number of primary amides is 1. The number of carbonyl (C=O) groups is 2. The fourth-order valence-electron chi connectivity index (χ4n) is 3.95. The number of hydrogen-bond acceptors (Lipinski definition) is 3. The van der Waals surface area contributed by atoms with Crippen molar-refractivity contribution >= 4 is 11.8 Å². The zero-order chi connectivity index (χ0) is 15.3. The maximum atomic E-state index is 12.3. The van der Waals surface area contributed by atoms with Gasteiger partial charge in [-0.1, -0.05) is 25.7 Å². The first-order valence-corrected chi connectivity index (χ1v) is 8.33. The van der Waals surface area contributed by atoms with Gasteiger partial charge in [0.2, 0.25) is 11.8 Å². The van der Waals surface area contributed by atoms with Gasteiger partial charge in [0.05, 0.1) is 0 Å². The summed E-state index contributed by atoms with van der Waals surface area (Å²) in [6.07, 6.45) is 9.72. The van der Waals surface area contributed by atoms with Crippen LogP contribution in [0.4, 0.5) is 0 Å². The Balaban J connectivity index is 1.84. The minimum absolute atomic E-state index is 0.0000877. The molecule has 2 fully saturated rings. The van der Waals surface area contributed by atoms with E-state index in [9.17, 15) is 9.59 Å². The van der Waals surface area contributed by atoms with Crippen LogP contribution in [0, 0.1) is 11.3 Å². The topological polar surface area (TPSA) is 98.2 Å². The summed E-state index contributed by atoms with van der Waals surface area (Å²) in [5.74, 6) is -0.223. The van der Waals surface area contributed by atoms with Crippen molar-refractivity contribution in [3.8, 4) is 0 Å². The van der Waals surface area contributed by atoms with Crippen molar-refractivity contribution in [1.29, 1.82) is 0 Å². The summed E-state index contributed by atoms with van der Waals surface area (Å²) in [5, 5.41) is 3.11. The SMILES string of the molecule is NCC1(CC(=O)NC2CCCC(C(N)=O)C2)CCCCC1. The Bertz CT molecular complexity index is 378. The Morgan fingerprint density at radius 3 is 2.43 bits per heavy atom. The molecule has 21 heavy (non-hydrogen) atoms. The molecule has 5 nitrogen and oxygen atoms in total. The lowest BCUT2D eigenvalue weighted by atomic mass is 9.71. The highest BCUT2D eigenvalue weighted by atomic mass is 16.2. The second-order valence-corrected chi connectivity index (χ2v) is 6.97. The van der Waals surface area contributed by atoms with Crippen molar-refractivity contribution in [2.24, 2.45) is 22.8 Å². The third-order valence-electron chi connectivity index (χ3n) is 5.32. The third-order valence-corrected chi connectivity index (χ3v) is 5.32. The summed E-state index contributed by atoms with van der Waals surface area (Å²) in [4.78, 5) is 23.6. The molecule has 0 aromatic carbocycles. The minimum Gasteiger partial charge on any atom is -0.369 e. The molecule has 0 aromatic rings. The lowest BCUT2D eigenvalue weighted by Gasteiger charge is -2.36. The van der Waals surface area contributed by atoms with Crippen molar-refractivity contribution in [3.05, 3.63) is 0 Å². The normalized spacial score (nSPS) is 28.8. The van der Waals surface area contributed by atoms with Crippen LogP contribution < -0.4 is 16.8 Å². The van der Waals surface area contributed by atoms with Gasteiger partial charge >= 0.3 is 0 Å². The van der Waals surface area contributed by atoms with Crippen molar-refractivity contribution in [3.63, 3.8) is 0 Å². The molecule has 0 saturated heterocycles. The van der Waals surface area contributed by atoms with Crippen molar-refractivity contribution in [1.82, 2.24) is 5.32 Å². The highest BCUT2D eigenvalue weighted by Gasteiger charge is 2.34. The number of carbonyl (C=O) groups excluding carboxylic acids is 2. The average molecular weight is 295 g/mol. The van der Waals surface area contributed by atoms with E-state index in [2.05, 4.69) is 5.32 Å². The molecule has 0 spiro atoms. The Labute approximate surface area is 127 Å². The summed E-state index contributed by atoms with van der Waals surface area (Å²) >= 11 is 0. The van der Waals surface area contributed by atoms with Crippen LogP contribution in [0.1, 0.15) is 64.2 Å². The summed E-state index contributed by atoms with van der Waals surface area (Å²) in [5.41, 5.74) is 11.3. The summed E-state index contributed by atoms with van der Waals surface area (Å²) in [6, 6.07) is 0.0992. The van der Waals surface area contributed by atoms with Crippen LogP contribution in [0.2, 0.25) is 0 Å². The van der Waals surface area contributed by atoms with E-state index < -0.39 is 0 Å². The molecule has 2 rings (SSSR count). The van der Waals surface area contributed by atoms with E-state index in [1.165, 1.54) is 19.3 Å². The van der Waals surface area contributed by atoms with Gasteiger partial charge in [0, 0.05) is 18.4 Å². The first-order chi connectivity index (χ1) is 10.0. The van der Waals surface area contributed by atoms with E-state index in [1.54, 1.807) is 0 Å². The number of hydrogen-bond donors (Lipinski definition) is 3. The smallest absolute Gasteiger partial charge is 0.220 e. The maximum Gasteiger partial charge on any atom is 0.220 e. The van der Waals surface area contributed by atoms with Crippen LogP contribution in [0.15, 0.2) is 0 Å². The van der Waals surface area contributed by atoms with Gasteiger partial charge in [-0.15, -0.1) is 0 Å². The fraction of sp³-hybridized carbons (Fsp3) is 0.875. The highest BCUT2D eigenvalue weighted by molar-refractivity contribution is 5.78. The molecule has 2 amide bonds. The average Bonchev–Trinajstić information content (AvgIpc) is 2.48. The molecule has 0 radical (unpaired) electrons.